The fraction of sp³-hybridized carbons (Fsp3) is 0.500. The Morgan fingerprint density at radius 1 is 1.28 bits per heavy atom. The van der Waals surface area contributed by atoms with Crippen LogP contribution >= 0.6 is 11.6 Å². The first-order valence-electron chi connectivity index (χ1n) is 7.67. The molecule has 1 aromatic rings. The molecular weight excluding hydrogens is 357 g/mol. The topological polar surface area (TPSA) is 47.9 Å². The molecule has 25 heavy (non-hydrogen) atoms. The molecule has 0 saturated heterocycles. The number of nitrogens with zero attached hydrogens (tertiary/aromatic N) is 3. The van der Waals surface area contributed by atoms with Gasteiger partial charge in [0, 0.05) is 32.2 Å². The number of halogens is 4. The van der Waals surface area contributed by atoms with Crippen LogP contribution in [0, 0.1) is 0 Å². The van der Waals surface area contributed by atoms with Gasteiger partial charge in [0.2, 0.25) is 5.91 Å². The largest absolute Gasteiger partial charge is 0.406 e. The van der Waals surface area contributed by atoms with Crippen molar-refractivity contribution in [2.45, 2.75) is 19.6 Å². The van der Waals surface area contributed by atoms with Crippen molar-refractivity contribution < 1.29 is 18.0 Å². The Morgan fingerprint density at radius 2 is 1.96 bits per heavy atom. The van der Waals surface area contributed by atoms with Crippen LogP contribution < -0.4 is 5.32 Å². The SMILES string of the molecule is CCNC(=NCC(=O)N(C)CC(F)(F)F)N(C)Cc1cccc(Cl)c1. The Balaban J connectivity index is 2.73. The summed E-state index contributed by atoms with van der Waals surface area (Å²) in [5, 5.41) is 3.62. The minimum absolute atomic E-state index is 0.366. The third kappa shape index (κ3) is 8.11. The molecule has 0 fully saturated rings. The highest BCUT2D eigenvalue weighted by atomic mass is 35.5. The van der Waals surface area contributed by atoms with Crippen molar-refractivity contribution in [3.63, 3.8) is 0 Å². The zero-order chi connectivity index (χ0) is 19.0. The molecule has 0 saturated carbocycles. The van der Waals surface area contributed by atoms with Crippen molar-refractivity contribution in [3.8, 4) is 0 Å². The number of aliphatic imine (C=N–C) groups is 1. The number of likely N-dealkylation sites (N-methyl/N-ethyl adjacent to an activating group) is 1. The molecule has 9 heteroatoms. The summed E-state index contributed by atoms with van der Waals surface area (Å²) in [6, 6.07) is 7.29. The fourth-order valence-electron chi connectivity index (χ4n) is 2.07. The Bertz CT molecular complexity index is 607. The van der Waals surface area contributed by atoms with Crippen LogP contribution in [-0.2, 0) is 11.3 Å². The van der Waals surface area contributed by atoms with Crippen LogP contribution in [0.25, 0.3) is 0 Å². The lowest BCUT2D eigenvalue weighted by Crippen LogP contribution is -2.41. The number of hydrogen-bond acceptors (Lipinski definition) is 2. The molecule has 1 N–H and O–H groups in total. The van der Waals surface area contributed by atoms with Crippen LogP contribution in [0.3, 0.4) is 0 Å². The van der Waals surface area contributed by atoms with Gasteiger partial charge in [-0.1, -0.05) is 23.7 Å². The van der Waals surface area contributed by atoms with Gasteiger partial charge in [0.15, 0.2) is 5.96 Å². The van der Waals surface area contributed by atoms with Crippen molar-refractivity contribution in [3.05, 3.63) is 34.9 Å². The first kappa shape index (κ1) is 21.1. The van der Waals surface area contributed by atoms with Gasteiger partial charge >= 0.3 is 6.18 Å². The van der Waals surface area contributed by atoms with E-state index in [1.165, 1.54) is 0 Å². The van der Waals surface area contributed by atoms with Crippen LogP contribution in [0.15, 0.2) is 29.3 Å². The second-order valence-corrected chi connectivity index (χ2v) is 5.96. The lowest BCUT2D eigenvalue weighted by Gasteiger charge is -2.23. The van der Waals surface area contributed by atoms with Crippen LogP contribution in [0.5, 0.6) is 0 Å². The average molecular weight is 379 g/mol. The molecule has 140 valence electrons. The Kier molecular flexibility index (Phi) is 8.02. The monoisotopic (exact) mass is 378 g/mol. The van der Waals surface area contributed by atoms with Crippen LogP contribution in [-0.4, -0.2) is 61.6 Å². The van der Waals surface area contributed by atoms with E-state index in [2.05, 4.69) is 10.3 Å². The minimum atomic E-state index is -4.43. The van der Waals surface area contributed by atoms with E-state index in [4.69, 9.17) is 11.6 Å². The predicted molar refractivity (Wildman–Crippen MR) is 92.6 cm³/mol. The summed E-state index contributed by atoms with van der Waals surface area (Å²) in [5.41, 5.74) is 0.945. The summed E-state index contributed by atoms with van der Waals surface area (Å²) in [7, 11) is 2.88. The highest BCUT2D eigenvalue weighted by Crippen LogP contribution is 2.15. The van der Waals surface area contributed by atoms with Gasteiger partial charge in [0.1, 0.15) is 13.1 Å². The number of guanidine groups is 1. The molecule has 0 atom stereocenters. The molecule has 0 aliphatic carbocycles. The number of amides is 1. The molecule has 0 aliphatic heterocycles. The van der Waals surface area contributed by atoms with Gasteiger partial charge in [0.25, 0.3) is 0 Å². The quantitative estimate of drug-likeness (QED) is 0.611. The van der Waals surface area contributed by atoms with Crippen molar-refractivity contribution in [1.82, 2.24) is 15.1 Å². The molecule has 0 unspecified atom stereocenters. The zero-order valence-corrected chi connectivity index (χ0v) is 15.2. The predicted octanol–water partition coefficient (Wildman–Crippen LogP) is 2.76. The van der Waals surface area contributed by atoms with Gasteiger partial charge in [-0.2, -0.15) is 13.2 Å². The van der Waals surface area contributed by atoms with Gasteiger partial charge in [-0.25, -0.2) is 4.99 Å². The highest BCUT2D eigenvalue weighted by molar-refractivity contribution is 6.30. The number of hydrogen-bond donors (Lipinski definition) is 1. The third-order valence-electron chi connectivity index (χ3n) is 3.21. The van der Waals surface area contributed by atoms with Crippen LogP contribution in [0.4, 0.5) is 13.2 Å². The maximum Gasteiger partial charge on any atom is 0.406 e. The molecule has 1 rings (SSSR count). The van der Waals surface area contributed by atoms with Crippen molar-refractivity contribution in [2.75, 3.05) is 33.7 Å². The normalized spacial score (nSPS) is 12.0. The molecule has 5 nitrogen and oxygen atoms in total. The summed E-state index contributed by atoms with van der Waals surface area (Å²) >= 11 is 5.95. The van der Waals surface area contributed by atoms with Gasteiger partial charge in [-0.15, -0.1) is 0 Å². The molecule has 0 aliphatic rings. The second kappa shape index (κ2) is 9.50. The van der Waals surface area contributed by atoms with Crippen LogP contribution in [0.1, 0.15) is 12.5 Å². The molecule has 0 bridgehead atoms. The fourth-order valence-corrected chi connectivity index (χ4v) is 2.29. The molecule has 0 spiro atoms. The lowest BCUT2D eigenvalue weighted by molar-refractivity contribution is -0.157. The molecule has 0 heterocycles. The van der Waals surface area contributed by atoms with Gasteiger partial charge in [-0.3, -0.25) is 4.79 Å². The maximum atomic E-state index is 12.3. The van der Waals surface area contributed by atoms with Gasteiger partial charge < -0.3 is 15.1 Å². The van der Waals surface area contributed by atoms with E-state index in [0.717, 1.165) is 12.6 Å². The van der Waals surface area contributed by atoms with E-state index in [-0.39, 0.29) is 6.54 Å². The van der Waals surface area contributed by atoms with Crippen LogP contribution in [0.2, 0.25) is 5.02 Å². The summed E-state index contributed by atoms with van der Waals surface area (Å²) in [5.74, 6) is -0.278. The van der Waals surface area contributed by atoms with Crippen molar-refractivity contribution >= 4 is 23.5 Å². The van der Waals surface area contributed by atoms with E-state index >= 15 is 0 Å². The first-order valence-corrected chi connectivity index (χ1v) is 8.04. The summed E-state index contributed by atoms with van der Waals surface area (Å²) in [4.78, 5) is 18.3. The summed E-state index contributed by atoms with van der Waals surface area (Å²) in [6.07, 6.45) is -4.43. The summed E-state index contributed by atoms with van der Waals surface area (Å²) < 4.78 is 37.0. The highest BCUT2D eigenvalue weighted by Gasteiger charge is 2.31. The Morgan fingerprint density at radius 3 is 2.52 bits per heavy atom. The minimum Gasteiger partial charge on any atom is -0.357 e. The number of rotatable bonds is 6. The number of carbonyl (C=O) groups is 1. The number of benzene rings is 1. The standard InChI is InChI=1S/C16H22ClF3N4O/c1-4-21-15(22-9-14(25)24(3)11-16(18,19)20)23(2)10-12-6-5-7-13(17)8-12/h5-8H,4,9-11H2,1-3H3,(H,21,22). The second-order valence-electron chi connectivity index (χ2n) is 5.52. The van der Waals surface area contributed by atoms with Gasteiger partial charge in [0.05, 0.1) is 0 Å². The number of nitrogens with one attached hydrogen (secondary N) is 1. The third-order valence-corrected chi connectivity index (χ3v) is 3.45. The molecule has 0 aromatic heterocycles. The lowest BCUT2D eigenvalue weighted by atomic mass is 10.2. The van der Waals surface area contributed by atoms with Gasteiger partial charge in [-0.05, 0) is 24.6 Å². The summed E-state index contributed by atoms with van der Waals surface area (Å²) in [6.45, 7) is 1.25. The molecule has 1 aromatic carbocycles. The van der Waals surface area contributed by atoms with E-state index in [1.54, 1.807) is 18.0 Å². The zero-order valence-electron chi connectivity index (χ0n) is 14.4. The van der Waals surface area contributed by atoms with E-state index in [9.17, 15) is 18.0 Å². The molecule has 1 amide bonds. The first-order chi connectivity index (χ1) is 11.6. The van der Waals surface area contributed by atoms with E-state index < -0.39 is 18.6 Å². The Labute approximate surface area is 150 Å². The van der Waals surface area contributed by atoms with E-state index in [0.29, 0.717) is 29.0 Å². The van der Waals surface area contributed by atoms with Crippen molar-refractivity contribution in [1.29, 1.82) is 0 Å². The maximum absolute atomic E-state index is 12.3. The number of carbonyl (C=O) groups excluding carboxylic acids is 1. The molecular formula is C16H22ClF3N4O. The Hall–Kier alpha value is -1.96. The number of alkyl halides is 3. The molecule has 0 radical (unpaired) electrons. The smallest absolute Gasteiger partial charge is 0.357 e. The van der Waals surface area contributed by atoms with E-state index in [1.807, 2.05) is 25.1 Å². The van der Waals surface area contributed by atoms with Crippen molar-refractivity contribution in [2.24, 2.45) is 4.99 Å². The average Bonchev–Trinajstić information content (AvgIpc) is 2.49.